The second-order valence-electron chi connectivity index (χ2n) is 4.63. The molecule has 2 atom stereocenters. The average molecular weight is 250 g/mol. The summed E-state index contributed by atoms with van der Waals surface area (Å²) >= 11 is 0. The van der Waals surface area contributed by atoms with Crippen molar-refractivity contribution in [2.75, 3.05) is 7.11 Å². The number of hydrogen-bond donors (Lipinski definition) is 1. The van der Waals surface area contributed by atoms with Gasteiger partial charge in [-0.25, -0.2) is 0 Å². The first-order valence-electron chi connectivity index (χ1n) is 6.36. The molecule has 2 unspecified atom stereocenters. The summed E-state index contributed by atoms with van der Waals surface area (Å²) in [7, 11) is 1.36. The Kier molecular flexibility index (Phi) is 4.91. The van der Waals surface area contributed by atoms with Gasteiger partial charge in [0.05, 0.1) is 13.0 Å². The minimum Gasteiger partial charge on any atom is -0.469 e. The number of aryl methyl sites for hydroxylation is 1. The van der Waals surface area contributed by atoms with Crippen LogP contribution in [0.2, 0.25) is 0 Å². The van der Waals surface area contributed by atoms with Crippen molar-refractivity contribution in [3.05, 3.63) is 35.4 Å². The topological polar surface area (TPSA) is 46.5 Å². The summed E-state index contributed by atoms with van der Waals surface area (Å²) in [6.45, 7) is 5.76. The van der Waals surface area contributed by atoms with E-state index in [4.69, 9.17) is 4.74 Å². The second kappa shape index (κ2) is 6.01. The van der Waals surface area contributed by atoms with E-state index in [1.165, 1.54) is 7.11 Å². The third-order valence-electron chi connectivity index (χ3n) is 3.56. The lowest BCUT2D eigenvalue weighted by Crippen LogP contribution is -2.39. The van der Waals surface area contributed by atoms with E-state index in [1.54, 1.807) is 0 Å². The summed E-state index contributed by atoms with van der Waals surface area (Å²) in [6, 6.07) is 7.65. The Labute approximate surface area is 109 Å². The standard InChI is InChI=1S/C15H22O3/c1-5-13(14(16)18-4)15(17,6-2)12-9-7-11(3)8-10-12/h7-10,13,17H,5-6H2,1-4H3. The maximum absolute atomic E-state index is 11.8. The fraction of sp³-hybridized carbons (Fsp3) is 0.533. The third kappa shape index (κ3) is 2.72. The van der Waals surface area contributed by atoms with Crippen molar-refractivity contribution >= 4 is 5.97 Å². The van der Waals surface area contributed by atoms with Crippen molar-refractivity contribution in [3.63, 3.8) is 0 Å². The number of carbonyl (C=O) groups is 1. The second-order valence-corrected chi connectivity index (χ2v) is 4.63. The van der Waals surface area contributed by atoms with Gasteiger partial charge >= 0.3 is 5.97 Å². The predicted molar refractivity (Wildman–Crippen MR) is 71.2 cm³/mol. The molecular formula is C15H22O3. The molecule has 1 aromatic rings. The molecule has 0 heterocycles. The van der Waals surface area contributed by atoms with Gasteiger partial charge in [0.2, 0.25) is 0 Å². The van der Waals surface area contributed by atoms with Gasteiger partial charge < -0.3 is 9.84 Å². The zero-order chi connectivity index (χ0) is 13.8. The Bertz CT molecular complexity index is 397. The van der Waals surface area contributed by atoms with Crippen LogP contribution >= 0.6 is 0 Å². The Hall–Kier alpha value is -1.35. The summed E-state index contributed by atoms with van der Waals surface area (Å²) in [5, 5.41) is 10.8. The number of benzene rings is 1. The van der Waals surface area contributed by atoms with E-state index in [-0.39, 0.29) is 5.97 Å². The first-order valence-corrected chi connectivity index (χ1v) is 6.36. The maximum atomic E-state index is 11.8. The molecule has 0 aromatic heterocycles. The van der Waals surface area contributed by atoms with E-state index in [0.717, 1.165) is 11.1 Å². The van der Waals surface area contributed by atoms with Crippen molar-refractivity contribution in [1.29, 1.82) is 0 Å². The molecule has 0 amide bonds. The average Bonchev–Trinajstić information content (AvgIpc) is 2.39. The highest BCUT2D eigenvalue weighted by atomic mass is 16.5. The predicted octanol–water partition coefficient (Wildman–Crippen LogP) is 2.79. The summed E-state index contributed by atoms with van der Waals surface area (Å²) in [5.74, 6) is -0.891. The molecule has 0 aliphatic carbocycles. The molecule has 0 spiro atoms. The number of methoxy groups -OCH3 is 1. The van der Waals surface area contributed by atoms with Gasteiger partial charge in [0.1, 0.15) is 5.60 Å². The summed E-state index contributed by atoms with van der Waals surface area (Å²) in [4.78, 5) is 11.8. The molecule has 0 radical (unpaired) electrons. The van der Waals surface area contributed by atoms with Gasteiger partial charge in [-0.15, -0.1) is 0 Å². The fourth-order valence-electron chi connectivity index (χ4n) is 2.34. The number of aliphatic hydroxyl groups is 1. The van der Waals surface area contributed by atoms with E-state index in [9.17, 15) is 9.90 Å². The van der Waals surface area contributed by atoms with Crippen molar-refractivity contribution in [2.24, 2.45) is 5.92 Å². The van der Waals surface area contributed by atoms with Crippen LogP contribution in [0.5, 0.6) is 0 Å². The lowest BCUT2D eigenvalue weighted by Gasteiger charge is -2.33. The molecule has 0 bridgehead atoms. The highest BCUT2D eigenvalue weighted by Crippen LogP contribution is 2.36. The zero-order valence-electron chi connectivity index (χ0n) is 11.6. The Morgan fingerprint density at radius 1 is 1.33 bits per heavy atom. The van der Waals surface area contributed by atoms with E-state index in [2.05, 4.69) is 0 Å². The quantitative estimate of drug-likeness (QED) is 0.817. The monoisotopic (exact) mass is 250 g/mol. The SMILES string of the molecule is CCC(C(=O)OC)C(O)(CC)c1ccc(C)cc1. The Balaban J connectivity index is 3.17. The van der Waals surface area contributed by atoms with Crippen LogP contribution in [0.3, 0.4) is 0 Å². The van der Waals surface area contributed by atoms with Gasteiger partial charge in [0.15, 0.2) is 0 Å². The maximum Gasteiger partial charge on any atom is 0.311 e. The highest BCUT2D eigenvalue weighted by molar-refractivity contribution is 5.74. The molecule has 18 heavy (non-hydrogen) atoms. The summed E-state index contributed by atoms with van der Waals surface area (Å²) < 4.78 is 4.80. The first-order chi connectivity index (χ1) is 8.49. The van der Waals surface area contributed by atoms with Crippen LogP contribution in [0, 0.1) is 12.8 Å². The fourth-order valence-corrected chi connectivity index (χ4v) is 2.34. The van der Waals surface area contributed by atoms with Crippen LogP contribution in [0.25, 0.3) is 0 Å². The van der Waals surface area contributed by atoms with E-state index in [1.807, 2.05) is 45.0 Å². The van der Waals surface area contributed by atoms with Gasteiger partial charge in [-0.1, -0.05) is 43.7 Å². The molecule has 3 heteroatoms. The lowest BCUT2D eigenvalue weighted by molar-refractivity contribution is -0.157. The molecule has 1 N–H and O–H groups in total. The lowest BCUT2D eigenvalue weighted by atomic mass is 9.77. The van der Waals surface area contributed by atoms with E-state index < -0.39 is 11.5 Å². The molecule has 100 valence electrons. The minimum absolute atomic E-state index is 0.359. The van der Waals surface area contributed by atoms with Gasteiger partial charge in [-0.2, -0.15) is 0 Å². The normalized spacial score (nSPS) is 15.8. The molecule has 0 aliphatic rings. The number of esters is 1. The number of hydrogen-bond acceptors (Lipinski definition) is 3. The smallest absolute Gasteiger partial charge is 0.311 e. The van der Waals surface area contributed by atoms with Crippen LogP contribution in [-0.4, -0.2) is 18.2 Å². The van der Waals surface area contributed by atoms with Gasteiger partial charge in [-0.3, -0.25) is 4.79 Å². The van der Waals surface area contributed by atoms with E-state index in [0.29, 0.717) is 12.8 Å². The number of rotatable bonds is 5. The van der Waals surface area contributed by atoms with Gasteiger partial charge in [-0.05, 0) is 25.3 Å². The molecule has 1 aromatic carbocycles. The van der Waals surface area contributed by atoms with Crippen LogP contribution in [0.15, 0.2) is 24.3 Å². The first kappa shape index (κ1) is 14.7. The molecule has 0 saturated heterocycles. The summed E-state index contributed by atoms with van der Waals surface area (Å²) in [6.07, 6.45) is 1.02. The summed E-state index contributed by atoms with van der Waals surface area (Å²) in [5.41, 5.74) is 0.742. The van der Waals surface area contributed by atoms with Gasteiger partial charge in [0.25, 0.3) is 0 Å². The molecule has 1 rings (SSSR count). The van der Waals surface area contributed by atoms with E-state index >= 15 is 0 Å². The Morgan fingerprint density at radius 2 is 1.89 bits per heavy atom. The highest BCUT2D eigenvalue weighted by Gasteiger charge is 2.41. The van der Waals surface area contributed by atoms with Crippen molar-refractivity contribution in [2.45, 2.75) is 39.2 Å². The largest absolute Gasteiger partial charge is 0.469 e. The van der Waals surface area contributed by atoms with Crippen LogP contribution in [0.4, 0.5) is 0 Å². The minimum atomic E-state index is -1.16. The van der Waals surface area contributed by atoms with Crippen LogP contribution < -0.4 is 0 Å². The molecule has 0 saturated carbocycles. The van der Waals surface area contributed by atoms with Crippen molar-refractivity contribution < 1.29 is 14.6 Å². The van der Waals surface area contributed by atoms with Gasteiger partial charge in [0, 0.05) is 0 Å². The molecule has 0 fully saturated rings. The molecular weight excluding hydrogens is 228 g/mol. The third-order valence-corrected chi connectivity index (χ3v) is 3.56. The number of ether oxygens (including phenoxy) is 1. The molecule has 3 nitrogen and oxygen atoms in total. The van der Waals surface area contributed by atoms with Crippen molar-refractivity contribution in [3.8, 4) is 0 Å². The molecule has 0 aliphatic heterocycles. The zero-order valence-corrected chi connectivity index (χ0v) is 11.6. The van der Waals surface area contributed by atoms with Crippen LogP contribution in [-0.2, 0) is 15.1 Å². The van der Waals surface area contributed by atoms with Crippen LogP contribution in [0.1, 0.15) is 37.8 Å². The number of carbonyl (C=O) groups excluding carboxylic acids is 1. The van der Waals surface area contributed by atoms with Crippen molar-refractivity contribution in [1.82, 2.24) is 0 Å². The Morgan fingerprint density at radius 3 is 2.28 bits per heavy atom.